The van der Waals surface area contributed by atoms with Crippen LogP contribution in [0.3, 0.4) is 0 Å². The highest BCUT2D eigenvalue weighted by atomic mass is 16.6. The summed E-state index contributed by atoms with van der Waals surface area (Å²) < 4.78 is 7.13. The molecule has 1 aromatic rings. The normalized spacial score (nSPS) is 25.2. The molecule has 2 aliphatic heterocycles. The molecule has 1 fully saturated rings. The molecule has 2 unspecified atom stereocenters. The summed E-state index contributed by atoms with van der Waals surface area (Å²) in [5.41, 5.74) is -0.640. The Hall–Kier alpha value is -1.79. The number of amides is 1. The van der Waals surface area contributed by atoms with Crippen LogP contribution in [0.15, 0.2) is 4.79 Å². The molecule has 0 saturated carbocycles. The molecule has 3 rings (SSSR count). The SMILES string of the molecule is CC(C)(C)OC(=O)N1CC2CC(C1)c1n[nH]c(=O)n1C2. The molecule has 20 heavy (non-hydrogen) atoms. The average Bonchev–Trinajstić information content (AvgIpc) is 2.69. The van der Waals surface area contributed by atoms with E-state index >= 15 is 0 Å². The molecule has 2 aliphatic rings. The van der Waals surface area contributed by atoms with Gasteiger partial charge in [0.2, 0.25) is 0 Å². The summed E-state index contributed by atoms with van der Waals surface area (Å²) >= 11 is 0. The van der Waals surface area contributed by atoms with Crippen LogP contribution in [0.4, 0.5) is 4.79 Å². The monoisotopic (exact) mass is 280 g/mol. The Labute approximate surface area is 116 Å². The number of aromatic amines is 1. The molecular weight excluding hydrogens is 260 g/mol. The fourth-order valence-corrected chi connectivity index (χ4v) is 3.07. The Bertz CT molecular complexity index is 583. The number of ether oxygens (including phenoxy) is 1. The number of rotatable bonds is 0. The van der Waals surface area contributed by atoms with E-state index in [2.05, 4.69) is 10.2 Å². The zero-order valence-corrected chi connectivity index (χ0v) is 12.0. The molecule has 3 heterocycles. The van der Waals surface area contributed by atoms with Gasteiger partial charge in [0, 0.05) is 25.6 Å². The Balaban J connectivity index is 1.78. The van der Waals surface area contributed by atoms with E-state index in [-0.39, 0.29) is 17.7 Å². The van der Waals surface area contributed by atoms with Crippen molar-refractivity contribution in [2.45, 2.75) is 45.3 Å². The van der Waals surface area contributed by atoms with Crippen LogP contribution in [0.25, 0.3) is 0 Å². The van der Waals surface area contributed by atoms with Gasteiger partial charge in [-0.15, -0.1) is 0 Å². The van der Waals surface area contributed by atoms with Gasteiger partial charge in [0.15, 0.2) is 0 Å². The van der Waals surface area contributed by atoms with Crippen LogP contribution in [-0.2, 0) is 11.3 Å². The van der Waals surface area contributed by atoms with Gasteiger partial charge in [-0.2, -0.15) is 5.10 Å². The van der Waals surface area contributed by atoms with E-state index < -0.39 is 5.60 Å². The fourth-order valence-electron chi connectivity index (χ4n) is 3.07. The molecule has 0 aromatic carbocycles. The van der Waals surface area contributed by atoms with Crippen molar-refractivity contribution in [3.05, 3.63) is 16.3 Å². The number of hydrogen-bond acceptors (Lipinski definition) is 4. The van der Waals surface area contributed by atoms with Gasteiger partial charge in [-0.25, -0.2) is 14.7 Å². The van der Waals surface area contributed by atoms with Crippen LogP contribution in [0.5, 0.6) is 0 Å². The third-order valence-electron chi connectivity index (χ3n) is 3.78. The average molecular weight is 280 g/mol. The maximum atomic E-state index is 12.2. The maximum absolute atomic E-state index is 12.2. The lowest BCUT2D eigenvalue weighted by Crippen LogP contribution is -2.49. The second-order valence-electron chi connectivity index (χ2n) is 6.68. The summed E-state index contributed by atoms with van der Waals surface area (Å²) in [6, 6.07) is 0. The minimum atomic E-state index is -0.488. The minimum Gasteiger partial charge on any atom is -0.444 e. The summed E-state index contributed by atoms with van der Waals surface area (Å²) in [5.74, 6) is 1.18. The number of likely N-dealkylation sites (tertiary alicyclic amines) is 1. The highest BCUT2D eigenvalue weighted by Gasteiger charge is 2.39. The number of H-pyrrole nitrogens is 1. The van der Waals surface area contributed by atoms with Gasteiger partial charge >= 0.3 is 11.8 Å². The predicted molar refractivity (Wildman–Crippen MR) is 71.5 cm³/mol. The molecular formula is C13H20N4O3. The summed E-state index contributed by atoms with van der Waals surface area (Å²) in [6.07, 6.45) is 0.697. The second-order valence-corrected chi connectivity index (χ2v) is 6.68. The van der Waals surface area contributed by atoms with E-state index in [0.717, 1.165) is 12.2 Å². The number of aromatic nitrogens is 3. The summed E-state index contributed by atoms with van der Waals surface area (Å²) in [6.45, 7) is 7.42. The van der Waals surface area contributed by atoms with Gasteiger partial charge < -0.3 is 9.64 Å². The number of carbonyl (C=O) groups excluding carboxylic acids is 1. The third-order valence-corrected chi connectivity index (χ3v) is 3.78. The predicted octanol–water partition coefficient (Wildman–Crippen LogP) is 0.926. The Kier molecular flexibility index (Phi) is 2.88. The van der Waals surface area contributed by atoms with Crippen LogP contribution in [-0.4, -0.2) is 44.4 Å². The van der Waals surface area contributed by atoms with Gasteiger partial charge in [-0.3, -0.25) is 4.57 Å². The number of piperidine rings is 1. The third kappa shape index (κ3) is 2.32. The van der Waals surface area contributed by atoms with Crippen LogP contribution < -0.4 is 5.69 Å². The standard InChI is InChI=1S/C13H20N4O3/c1-13(2,3)20-12(19)16-5-8-4-9(7-16)10-14-15-11(18)17(10)6-8/h8-9H,4-7H2,1-3H3,(H,15,18). The van der Waals surface area contributed by atoms with Crippen molar-refractivity contribution in [1.29, 1.82) is 0 Å². The molecule has 1 N–H and O–H groups in total. The first kappa shape index (κ1) is 13.2. The molecule has 7 nitrogen and oxygen atoms in total. The summed E-state index contributed by atoms with van der Waals surface area (Å²) in [4.78, 5) is 25.5. The molecule has 7 heteroatoms. The molecule has 110 valence electrons. The quantitative estimate of drug-likeness (QED) is 0.766. The van der Waals surface area contributed by atoms with E-state index in [1.54, 1.807) is 9.47 Å². The smallest absolute Gasteiger partial charge is 0.410 e. The summed E-state index contributed by atoms with van der Waals surface area (Å²) in [7, 11) is 0. The number of hydrogen-bond donors (Lipinski definition) is 1. The first-order chi connectivity index (χ1) is 9.33. The van der Waals surface area contributed by atoms with Crippen molar-refractivity contribution < 1.29 is 9.53 Å². The molecule has 0 aliphatic carbocycles. The topological polar surface area (TPSA) is 80.2 Å². The van der Waals surface area contributed by atoms with E-state index in [1.807, 2.05) is 20.8 Å². The zero-order valence-electron chi connectivity index (χ0n) is 12.0. The molecule has 1 amide bonds. The lowest BCUT2D eigenvalue weighted by molar-refractivity contribution is 0.0100. The number of fused-ring (bicyclic) bond motifs is 4. The first-order valence-corrected chi connectivity index (χ1v) is 6.96. The maximum Gasteiger partial charge on any atom is 0.410 e. The molecule has 0 radical (unpaired) electrons. The van der Waals surface area contributed by atoms with Crippen LogP contribution in [0.1, 0.15) is 38.9 Å². The molecule has 0 spiro atoms. The highest BCUT2D eigenvalue weighted by Crippen LogP contribution is 2.34. The van der Waals surface area contributed by atoms with Crippen molar-refractivity contribution in [3.63, 3.8) is 0 Å². The minimum absolute atomic E-state index is 0.119. The van der Waals surface area contributed by atoms with E-state index in [1.165, 1.54) is 0 Å². The highest BCUT2D eigenvalue weighted by molar-refractivity contribution is 5.68. The van der Waals surface area contributed by atoms with E-state index in [0.29, 0.717) is 25.6 Å². The molecule has 2 atom stereocenters. The Morgan fingerprint density at radius 2 is 2.10 bits per heavy atom. The van der Waals surface area contributed by atoms with Crippen molar-refractivity contribution >= 4 is 6.09 Å². The van der Waals surface area contributed by atoms with Crippen molar-refractivity contribution in [2.75, 3.05) is 13.1 Å². The van der Waals surface area contributed by atoms with Gasteiger partial charge in [0.25, 0.3) is 0 Å². The van der Waals surface area contributed by atoms with E-state index in [9.17, 15) is 9.59 Å². The van der Waals surface area contributed by atoms with Gasteiger partial charge in [0.1, 0.15) is 11.4 Å². The number of nitrogens with zero attached hydrogens (tertiary/aromatic N) is 3. The fraction of sp³-hybridized carbons (Fsp3) is 0.769. The van der Waals surface area contributed by atoms with E-state index in [4.69, 9.17) is 4.74 Å². The second kappa shape index (κ2) is 4.36. The Morgan fingerprint density at radius 3 is 2.80 bits per heavy atom. The van der Waals surface area contributed by atoms with Crippen LogP contribution in [0, 0.1) is 5.92 Å². The molecule has 1 aromatic heterocycles. The summed E-state index contributed by atoms with van der Waals surface area (Å²) in [5, 5.41) is 6.59. The number of nitrogens with one attached hydrogen (secondary N) is 1. The lowest BCUT2D eigenvalue weighted by atomic mass is 9.85. The molecule has 2 bridgehead atoms. The number of carbonyl (C=O) groups is 1. The van der Waals surface area contributed by atoms with Crippen molar-refractivity contribution in [2.24, 2.45) is 5.92 Å². The van der Waals surface area contributed by atoms with Crippen LogP contribution in [0.2, 0.25) is 0 Å². The van der Waals surface area contributed by atoms with Gasteiger partial charge in [-0.05, 0) is 33.1 Å². The van der Waals surface area contributed by atoms with Crippen LogP contribution >= 0.6 is 0 Å². The van der Waals surface area contributed by atoms with Gasteiger partial charge in [0.05, 0.1) is 0 Å². The lowest BCUT2D eigenvalue weighted by Gasteiger charge is -2.40. The van der Waals surface area contributed by atoms with Gasteiger partial charge in [-0.1, -0.05) is 0 Å². The molecule has 1 saturated heterocycles. The van der Waals surface area contributed by atoms with Crippen molar-refractivity contribution in [3.8, 4) is 0 Å². The largest absolute Gasteiger partial charge is 0.444 e. The van der Waals surface area contributed by atoms with Crippen molar-refractivity contribution in [1.82, 2.24) is 19.7 Å². The Morgan fingerprint density at radius 1 is 1.35 bits per heavy atom. The zero-order chi connectivity index (χ0) is 14.5. The first-order valence-electron chi connectivity index (χ1n) is 6.96.